The molecule has 0 amide bonds. The van der Waals surface area contributed by atoms with Gasteiger partial charge < -0.3 is 19.5 Å². The van der Waals surface area contributed by atoms with Crippen molar-refractivity contribution in [3.05, 3.63) is 34.8 Å². The van der Waals surface area contributed by atoms with Gasteiger partial charge in [-0.15, -0.1) is 11.3 Å². The smallest absolute Gasteiger partial charge is 0.185 e. The highest BCUT2D eigenvalue weighted by atomic mass is 32.1. The number of nitrogens with zero attached hydrogens (tertiary/aromatic N) is 2. The number of aliphatic hydroxyl groups excluding tert-OH is 1. The maximum absolute atomic E-state index is 9.17. The summed E-state index contributed by atoms with van der Waals surface area (Å²) in [4.78, 5) is 7.03. The van der Waals surface area contributed by atoms with Gasteiger partial charge in [0.2, 0.25) is 0 Å². The highest BCUT2D eigenvalue weighted by Crippen LogP contribution is 2.30. The fourth-order valence-electron chi connectivity index (χ4n) is 2.67. The van der Waals surface area contributed by atoms with Gasteiger partial charge in [-0.2, -0.15) is 0 Å². The van der Waals surface area contributed by atoms with E-state index in [0.29, 0.717) is 18.1 Å². The molecule has 2 aromatic rings. The number of hydrogen-bond donors (Lipinski definition) is 1. The monoisotopic (exact) mass is 334 g/mol. The Balaban J connectivity index is 1.63. The summed E-state index contributed by atoms with van der Waals surface area (Å²) in [5.74, 6) is 1.29. The normalized spacial score (nSPS) is 14.8. The molecule has 1 aromatic heterocycles. The van der Waals surface area contributed by atoms with Crippen LogP contribution in [0.5, 0.6) is 11.5 Å². The summed E-state index contributed by atoms with van der Waals surface area (Å²) in [7, 11) is 1.60. The van der Waals surface area contributed by atoms with Gasteiger partial charge in [0.15, 0.2) is 16.6 Å². The van der Waals surface area contributed by atoms with E-state index in [2.05, 4.69) is 15.3 Å². The van der Waals surface area contributed by atoms with E-state index in [1.54, 1.807) is 24.5 Å². The van der Waals surface area contributed by atoms with Crippen LogP contribution in [-0.4, -0.2) is 30.3 Å². The third-order valence-electron chi connectivity index (χ3n) is 3.95. The lowest BCUT2D eigenvalue weighted by Crippen LogP contribution is -2.29. The summed E-state index contributed by atoms with van der Waals surface area (Å²) in [6.07, 6.45) is 3.82. The van der Waals surface area contributed by atoms with Gasteiger partial charge in [0, 0.05) is 18.5 Å². The van der Waals surface area contributed by atoms with Gasteiger partial charge >= 0.3 is 0 Å². The van der Waals surface area contributed by atoms with Crippen molar-refractivity contribution in [2.45, 2.75) is 32.5 Å². The zero-order valence-corrected chi connectivity index (χ0v) is 14.1. The second kappa shape index (κ2) is 7.66. The van der Waals surface area contributed by atoms with Crippen molar-refractivity contribution in [2.24, 2.45) is 0 Å². The highest BCUT2D eigenvalue weighted by molar-refractivity contribution is 7.13. The number of hydrogen-bond acceptors (Lipinski definition) is 6. The first-order valence-corrected chi connectivity index (χ1v) is 8.78. The van der Waals surface area contributed by atoms with E-state index in [4.69, 9.17) is 9.47 Å². The first kappa shape index (κ1) is 16.1. The lowest BCUT2D eigenvalue weighted by molar-refractivity contribution is 0.273. The maximum Gasteiger partial charge on any atom is 0.185 e. The Hall–Kier alpha value is -1.79. The number of methoxy groups -OCH3 is 1. The fraction of sp³-hybridized carbons (Fsp3) is 0.471. The van der Waals surface area contributed by atoms with Crippen LogP contribution in [0.3, 0.4) is 0 Å². The summed E-state index contributed by atoms with van der Waals surface area (Å²) >= 11 is 1.68. The molecule has 23 heavy (non-hydrogen) atoms. The molecule has 1 aromatic carbocycles. The van der Waals surface area contributed by atoms with E-state index in [1.165, 1.54) is 19.3 Å². The summed E-state index contributed by atoms with van der Waals surface area (Å²) in [5, 5.41) is 12.3. The van der Waals surface area contributed by atoms with Crippen molar-refractivity contribution in [1.82, 2.24) is 4.98 Å². The Bertz CT molecular complexity index is 639. The molecule has 0 aliphatic carbocycles. The Morgan fingerprint density at radius 3 is 2.78 bits per heavy atom. The number of piperidine rings is 1. The minimum absolute atomic E-state index is 0.0120. The third-order valence-corrected chi connectivity index (χ3v) is 4.90. The van der Waals surface area contributed by atoms with Gasteiger partial charge in [0.05, 0.1) is 19.4 Å². The number of aliphatic hydroxyl groups is 1. The summed E-state index contributed by atoms with van der Waals surface area (Å²) in [5.41, 5.74) is 1.74. The van der Waals surface area contributed by atoms with Crippen molar-refractivity contribution < 1.29 is 14.6 Å². The molecule has 6 heteroatoms. The predicted molar refractivity (Wildman–Crippen MR) is 91.4 cm³/mol. The number of thiazole rings is 1. The number of anilines is 1. The van der Waals surface area contributed by atoms with Crippen molar-refractivity contribution in [3.8, 4) is 11.5 Å². The molecule has 2 heterocycles. The number of aromatic nitrogens is 1. The Kier molecular flexibility index (Phi) is 5.35. The summed E-state index contributed by atoms with van der Waals surface area (Å²) in [6.45, 7) is 2.61. The van der Waals surface area contributed by atoms with E-state index in [1.807, 2.05) is 12.1 Å². The zero-order valence-electron chi connectivity index (χ0n) is 13.3. The van der Waals surface area contributed by atoms with Gasteiger partial charge in [-0.1, -0.05) is 6.07 Å². The van der Waals surface area contributed by atoms with Gasteiger partial charge in [0.1, 0.15) is 6.61 Å². The van der Waals surface area contributed by atoms with Gasteiger partial charge in [0.25, 0.3) is 0 Å². The average molecular weight is 334 g/mol. The van der Waals surface area contributed by atoms with Crippen molar-refractivity contribution in [3.63, 3.8) is 0 Å². The topological polar surface area (TPSA) is 54.8 Å². The molecule has 0 unspecified atom stereocenters. The lowest BCUT2D eigenvalue weighted by Gasteiger charge is -2.25. The lowest BCUT2D eigenvalue weighted by atomic mass is 10.1. The van der Waals surface area contributed by atoms with E-state index < -0.39 is 0 Å². The third kappa shape index (κ3) is 3.95. The minimum atomic E-state index is -0.0120. The largest absolute Gasteiger partial charge is 0.493 e. The molecule has 0 saturated carbocycles. The Morgan fingerprint density at radius 1 is 1.22 bits per heavy atom. The van der Waals surface area contributed by atoms with Crippen LogP contribution in [-0.2, 0) is 13.2 Å². The van der Waals surface area contributed by atoms with Crippen LogP contribution in [0.1, 0.15) is 30.5 Å². The van der Waals surface area contributed by atoms with E-state index in [9.17, 15) is 5.11 Å². The molecule has 5 nitrogen and oxygen atoms in total. The molecule has 1 fully saturated rings. The molecule has 0 radical (unpaired) electrons. The fourth-order valence-corrected chi connectivity index (χ4v) is 3.54. The molecule has 3 rings (SSSR count). The highest BCUT2D eigenvalue weighted by Gasteiger charge is 2.15. The van der Waals surface area contributed by atoms with E-state index >= 15 is 0 Å². The molecular weight excluding hydrogens is 312 g/mol. The van der Waals surface area contributed by atoms with Crippen LogP contribution in [0.4, 0.5) is 5.13 Å². The maximum atomic E-state index is 9.17. The van der Waals surface area contributed by atoms with Gasteiger partial charge in [-0.25, -0.2) is 4.98 Å². The molecule has 1 aliphatic rings. The molecule has 0 atom stereocenters. The quantitative estimate of drug-likeness (QED) is 0.879. The van der Waals surface area contributed by atoms with E-state index in [0.717, 1.165) is 29.5 Å². The first-order valence-electron chi connectivity index (χ1n) is 7.90. The number of ether oxygens (including phenoxy) is 2. The van der Waals surface area contributed by atoms with Crippen LogP contribution in [0.2, 0.25) is 0 Å². The molecule has 1 N–H and O–H groups in total. The second-order valence-electron chi connectivity index (χ2n) is 5.60. The molecular formula is C17H22N2O3S. The average Bonchev–Trinajstić information content (AvgIpc) is 3.09. The number of benzene rings is 1. The standard InChI is InChI=1S/C17H22N2O3S/c1-21-16-9-13(10-20)5-6-15(16)22-11-14-12-23-17(18-14)19-7-3-2-4-8-19/h5-6,9,12,20H,2-4,7-8,10-11H2,1H3. The van der Waals surface area contributed by atoms with Crippen LogP contribution in [0, 0.1) is 0 Å². The van der Waals surface area contributed by atoms with Crippen LogP contribution in [0.15, 0.2) is 23.6 Å². The van der Waals surface area contributed by atoms with Crippen LogP contribution < -0.4 is 14.4 Å². The Morgan fingerprint density at radius 2 is 2.04 bits per heavy atom. The molecule has 1 aliphatic heterocycles. The second-order valence-corrected chi connectivity index (χ2v) is 6.44. The van der Waals surface area contributed by atoms with Gasteiger partial charge in [-0.3, -0.25) is 0 Å². The zero-order chi connectivity index (χ0) is 16.1. The molecule has 0 spiro atoms. The van der Waals surface area contributed by atoms with Crippen molar-refractivity contribution >= 4 is 16.5 Å². The van der Waals surface area contributed by atoms with Crippen molar-refractivity contribution in [1.29, 1.82) is 0 Å². The number of rotatable bonds is 6. The Labute approximate surface area is 140 Å². The summed E-state index contributed by atoms with van der Waals surface area (Å²) < 4.78 is 11.1. The van der Waals surface area contributed by atoms with Crippen LogP contribution in [0.25, 0.3) is 0 Å². The SMILES string of the molecule is COc1cc(CO)ccc1OCc1csc(N2CCCCC2)n1. The predicted octanol–water partition coefficient (Wildman–Crippen LogP) is 3.21. The first-order chi connectivity index (χ1) is 11.3. The van der Waals surface area contributed by atoms with Crippen molar-refractivity contribution in [2.75, 3.05) is 25.1 Å². The molecule has 1 saturated heterocycles. The van der Waals surface area contributed by atoms with Gasteiger partial charge in [-0.05, 0) is 37.0 Å². The molecule has 124 valence electrons. The minimum Gasteiger partial charge on any atom is -0.493 e. The molecule has 0 bridgehead atoms. The van der Waals surface area contributed by atoms with Crippen LogP contribution >= 0.6 is 11.3 Å². The summed E-state index contributed by atoms with van der Waals surface area (Å²) in [6, 6.07) is 5.44. The van der Waals surface area contributed by atoms with E-state index in [-0.39, 0.29) is 6.61 Å².